The molecular formula is C30H27F3N4O6. The van der Waals surface area contributed by atoms with Crippen molar-refractivity contribution in [3.63, 3.8) is 0 Å². The molecule has 4 aromatic rings. The van der Waals surface area contributed by atoms with Gasteiger partial charge in [-0.2, -0.15) is 4.98 Å². The highest BCUT2D eigenvalue weighted by atomic mass is 19.4. The third kappa shape index (κ3) is 5.26. The number of carboxylic acids is 1. The molecule has 3 aromatic heterocycles. The van der Waals surface area contributed by atoms with Crippen LogP contribution in [-0.2, 0) is 16.8 Å². The minimum absolute atomic E-state index is 0.100. The maximum Gasteiger partial charge on any atom is 0.573 e. The molecule has 0 spiro atoms. The molecule has 8 rings (SSSR count). The number of para-hydroxylation sites is 1. The molecule has 4 aliphatic rings. The number of pyridine rings is 1. The Labute approximate surface area is 243 Å². The number of ether oxygens (including phenoxy) is 2. The number of fused-ring (bicyclic) bond motifs is 3. The molecule has 0 saturated heterocycles. The molecule has 0 radical (unpaired) electrons. The first-order valence-electron chi connectivity index (χ1n) is 14.2. The first-order valence-corrected chi connectivity index (χ1v) is 14.2. The van der Waals surface area contributed by atoms with Crippen molar-refractivity contribution in [1.82, 2.24) is 20.3 Å². The fourth-order valence-corrected chi connectivity index (χ4v) is 6.37. The number of alkyl halides is 3. The Kier molecular flexibility index (Phi) is 6.53. The Hall–Kier alpha value is -4.26. The second kappa shape index (κ2) is 10.2. The van der Waals surface area contributed by atoms with Crippen LogP contribution in [0.15, 0.2) is 51.6 Å². The zero-order valence-corrected chi connectivity index (χ0v) is 22.9. The summed E-state index contributed by atoms with van der Waals surface area (Å²) in [6.45, 7) is 0.163. The lowest BCUT2D eigenvalue weighted by Gasteiger charge is -2.51. The average Bonchev–Trinajstić information content (AvgIpc) is 3.55. The molecule has 3 heterocycles. The van der Waals surface area contributed by atoms with E-state index in [-0.39, 0.29) is 34.9 Å². The second-order valence-electron chi connectivity index (χ2n) is 11.6. The Morgan fingerprint density at radius 1 is 1.02 bits per heavy atom. The summed E-state index contributed by atoms with van der Waals surface area (Å²) in [5, 5.41) is 17.6. The number of aromatic carboxylic acids is 1. The number of nitrogens with zero attached hydrogens (tertiary/aromatic N) is 4. The summed E-state index contributed by atoms with van der Waals surface area (Å²) in [5.74, 6) is 0.210. The van der Waals surface area contributed by atoms with Gasteiger partial charge in [0.05, 0.1) is 17.6 Å². The first-order chi connectivity index (χ1) is 20.6. The van der Waals surface area contributed by atoms with E-state index in [1.807, 2.05) is 0 Å². The zero-order chi connectivity index (χ0) is 29.8. The van der Waals surface area contributed by atoms with E-state index in [2.05, 4.69) is 25.0 Å². The lowest BCUT2D eigenvalue weighted by atomic mass is 9.58. The third-order valence-corrected chi connectivity index (χ3v) is 8.95. The fourth-order valence-electron chi connectivity index (χ4n) is 6.37. The van der Waals surface area contributed by atoms with Crippen molar-refractivity contribution >= 4 is 5.97 Å². The Morgan fingerprint density at radius 3 is 2.47 bits per heavy atom. The van der Waals surface area contributed by atoms with E-state index >= 15 is 0 Å². The quantitative estimate of drug-likeness (QED) is 0.219. The highest BCUT2D eigenvalue weighted by Gasteiger charge is 2.53. The van der Waals surface area contributed by atoms with Crippen LogP contribution >= 0.6 is 0 Å². The van der Waals surface area contributed by atoms with Gasteiger partial charge in [-0.05, 0) is 75.6 Å². The van der Waals surface area contributed by atoms with Gasteiger partial charge in [0.2, 0.25) is 11.7 Å². The Bertz CT molecular complexity index is 1650. The van der Waals surface area contributed by atoms with Crippen LogP contribution in [0.1, 0.15) is 85.0 Å². The molecule has 0 unspecified atom stereocenters. The van der Waals surface area contributed by atoms with Gasteiger partial charge in [-0.25, -0.2) is 9.78 Å². The summed E-state index contributed by atoms with van der Waals surface area (Å²) in [7, 11) is 0. The van der Waals surface area contributed by atoms with Crippen LogP contribution in [0.25, 0.3) is 22.6 Å². The number of carboxylic acid groups (broad SMARTS) is 1. The minimum Gasteiger partial charge on any atom is -0.477 e. The first kappa shape index (κ1) is 27.6. The number of carbonyl (C=O) groups is 1. The van der Waals surface area contributed by atoms with Gasteiger partial charge in [-0.1, -0.05) is 22.4 Å². The van der Waals surface area contributed by atoms with Crippen molar-refractivity contribution in [2.45, 2.75) is 81.3 Å². The summed E-state index contributed by atoms with van der Waals surface area (Å²) in [5.41, 5.74) is 0.891. The molecule has 224 valence electrons. The van der Waals surface area contributed by atoms with Gasteiger partial charge in [0.25, 0.3) is 0 Å². The van der Waals surface area contributed by atoms with Crippen LogP contribution in [0.2, 0.25) is 0 Å². The van der Waals surface area contributed by atoms with Gasteiger partial charge in [0.1, 0.15) is 22.9 Å². The highest BCUT2D eigenvalue weighted by molar-refractivity contribution is 5.86. The van der Waals surface area contributed by atoms with Gasteiger partial charge in [0.15, 0.2) is 0 Å². The second-order valence-corrected chi connectivity index (χ2v) is 11.6. The van der Waals surface area contributed by atoms with Crippen molar-refractivity contribution in [3.05, 3.63) is 65.5 Å². The lowest BCUT2D eigenvalue weighted by Crippen LogP contribution is -2.49. The van der Waals surface area contributed by atoms with Crippen LogP contribution in [0, 0.1) is 0 Å². The summed E-state index contributed by atoms with van der Waals surface area (Å²) >= 11 is 0. The molecule has 4 fully saturated rings. The number of rotatable bonds is 9. The van der Waals surface area contributed by atoms with Crippen molar-refractivity contribution < 1.29 is 41.6 Å². The van der Waals surface area contributed by atoms with Crippen molar-refractivity contribution in [2.24, 2.45) is 0 Å². The Balaban J connectivity index is 1.08. The molecule has 0 atom stereocenters. The molecule has 4 aliphatic carbocycles. The van der Waals surface area contributed by atoms with Gasteiger partial charge in [-0.3, -0.25) is 0 Å². The predicted molar refractivity (Wildman–Crippen MR) is 142 cm³/mol. The molecule has 10 nitrogen and oxygen atoms in total. The van der Waals surface area contributed by atoms with E-state index in [9.17, 15) is 23.1 Å². The standard InChI is InChI=1S/C30H27F3N4O6/c31-30(32,33)41-22-4-2-1-3-19(22)23-20(24(42-36-23)17-5-6-17)16-40-29-11-8-28(9-12-29,10-13-29)27-35-25(37-43-27)18-7-14-34-21(15-18)26(38)39/h1-4,7,14-15,17H,5-6,8-13,16H2,(H,38,39). The zero-order valence-electron chi connectivity index (χ0n) is 22.9. The fraction of sp³-hybridized carbons (Fsp3) is 0.433. The van der Waals surface area contributed by atoms with Gasteiger partial charge in [0, 0.05) is 28.8 Å². The molecule has 0 amide bonds. The van der Waals surface area contributed by atoms with Crippen LogP contribution < -0.4 is 4.74 Å². The number of halogens is 3. The van der Waals surface area contributed by atoms with E-state index in [4.69, 9.17) is 13.8 Å². The summed E-state index contributed by atoms with van der Waals surface area (Å²) < 4.78 is 61.7. The van der Waals surface area contributed by atoms with Crippen LogP contribution in [0.3, 0.4) is 0 Å². The van der Waals surface area contributed by atoms with Gasteiger partial charge >= 0.3 is 12.3 Å². The minimum atomic E-state index is -4.84. The summed E-state index contributed by atoms with van der Waals surface area (Å²) in [6.07, 6.45) is 2.95. The summed E-state index contributed by atoms with van der Waals surface area (Å²) in [6, 6.07) is 8.98. The van der Waals surface area contributed by atoms with Crippen molar-refractivity contribution in [2.75, 3.05) is 0 Å². The maximum atomic E-state index is 13.1. The highest BCUT2D eigenvalue weighted by Crippen LogP contribution is 2.55. The maximum absolute atomic E-state index is 13.1. The monoisotopic (exact) mass is 596 g/mol. The van der Waals surface area contributed by atoms with E-state index in [1.54, 1.807) is 18.2 Å². The van der Waals surface area contributed by atoms with Gasteiger partial charge < -0.3 is 23.6 Å². The molecule has 4 saturated carbocycles. The smallest absolute Gasteiger partial charge is 0.477 e. The molecule has 1 aromatic carbocycles. The number of aromatic nitrogens is 4. The van der Waals surface area contributed by atoms with E-state index in [0.29, 0.717) is 34.3 Å². The lowest BCUT2D eigenvalue weighted by molar-refractivity contribution is -0.274. The Morgan fingerprint density at radius 2 is 1.77 bits per heavy atom. The molecular weight excluding hydrogens is 569 g/mol. The number of hydrogen-bond acceptors (Lipinski definition) is 9. The van der Waals surface area contributed by atoms with Crippen LogP contribution in [-0.4, -0.2) is 43.3 Å². The summed E-state index contributed by atoms with van der Waals surface area (Å²) in [4.78, 5) is 19.8. The molecule has 43 heavy (non-hydrogen) atoms. The van der Waals surface area contributed by atoms with E-state index < -0.39 is 17.9 Å². The van der Waals surface area contributed by atoms with Crippen LogP contribution in [0.4, 0.5) is 13.2 Å². The third-order valence-electron chi connectivity index (χ3n) is 8.95. The van der Waals surface area contributed by atoms with Gasteiger partial charge in [-0.15, -0.1) is 13.2 Å². The predicted octanol–water partition coefficient (Wildman–Crippen LogP) is 6.82. The van der Waals surface area contributed by atoms with Crippen LogP contribution in [0.5, 0.6) is 5.75 Å². The molecule has 0 aliphatic heterocycles. The topological polar surface area (TPSA) is 134 Å². The number of benzene rings is 1. The number of hydrogen-bond donors (Lipinski definition) is 1. The SMILES string of the molecule is O=C(O)c1cc(-c2noc(C34CCC(OCc5c(-c6ccccc6OC(F)(F)F)noc5C5CC5)(CC3)CC4)n2)ccn1. The molecule has 13 heteroatoms. The normalized spacial score (nSPS) is 23.4. The molecule has 1 N–H and O–H groups in total. The van der Waals surface area contributed by atoms with Crippen molar-refractivity contribution in [1.29, 1.82) is 0 Å². The van der Waals surface area contributed by atoms with E-state index in [1.165, 1.54) is 24.4 Å². The molecule has 2 bridgehead atoms. The largest absolute Gasteiger partial charge is 0.573 e. The van der Waals surface area contributed by atoms with E-state index in [0.717, 1.165) is 51.4 Å². The van der Waals surface area contributed by atoms with Crippen molar-refractivity contribution in [3.8, 4) is 28.4 Å². The average molecular weight is 597 g/mol.